The highest BCUT2D eigenvalue weighted by Crippen LogP contribution is 2.30. The number of ether oxygens (including phenoxy) is 1. The molecule has 0 spiro atoms. The molecule has 0 N–H and O–H groups in total. The second kappa shape index (κ2) is 7.08. The highest BCUT2D eigenvalue weighted by molar-refractivity contribution is 7.86. The summed E-state index contributed by atoms with van der Waals surface area (Å²) in [5.74, 6) is 0.260. The highest BCUT2D eigenvalue weighted by atomic mass is 32.2. The SMILES string of the molecule is CCN(C)S(=O)(=O)N1C[C@@H](c2ccccc2)O[C@@H](C(C)C)C1. The van der Waals surface area contributed by atoms with E-state index in [1.54, 1.807) is 11.4 Å². The average Bonchev–Trinajstić information content (AvgIpc) is 2.54. The van der Waals surface area contributed by atoms with Crippen LogP contribution in [0.3, 0.4) is 0 Å². The second-order valence-electron chi connectivity index (χ2n) is 6.06. The molecule has 6 heteroatoms. The molecule has 1 aliphatic heterocycles. The van der Waals surface area contributed by atoms with Crippen LogP contribution in [-0.4, -0.2) is 49.8 Å². The van der Waals surface area contributed by atoms with E-state index in [9.17, 15) is 8.42 Å². The molecule has 1 aromatic rings. The maximum Gasteiger partial charge on any atom is 0.281 e. The first-order valence-corrected chi connectivity index (χ1v) is 9.17. The fourth-order valence-corrected chi connectivity index (χ4v) is 3.91. The highest BCUT2D eigenvalue weighted by Gasteiger charge is 2.37. The van der Waals surface area contributed by atoms with Crippen LogP contribution in [0.1, 0.15) is 32.4 Å². The molecule has 1 aliphatic rings. The lowest BCUT2D eigenvalue weighted by Crippen LogP contribution is -2.52. The van der Waals surface area contributed by atoms with E-state index in [-0.39, 0.29) is 18.1 Å². The molecule has 0 aromatic heterocycles. The Kier molecular flexibility index (Phi) is 5.60. The Morgan fingerprint density at radius 3 is 2.45 bits per heavy atom. The molecule has 0 bridgehead atoms. The maximum atomic E-state index is 12.7. The quantitative estimate of drug-likeness (QED) is 0.834. The third-order valence-corrected chi connectivity index (χ3v) is 6.17. The van der Waals surface area contributed by atoms with Gasteiger partial charge in [-0.2, -0.15) is 17.0 Å². The van der Waals surface area contributed by atoms with Gasteiger partial charge in [-0.05, 0) is 11.5 Å². The Morgan fingerprint density at radius 2 is 1.91 bits per heavy atom. The van der Waals surface area contributed by atoms with Gasteiger partial charge in [0.25, 0.3) is 10.2 Å². The summed E-state index contributed by atoms with van der Waals surface area (Å²) < 4.78 is 34.4. The normalized spacial score (nSPS) is 24.1. The van der Waals surface area contributed by atoms with E-state index in [4.69, 9.17) is 4.74 Å². The summed E-state index contributed by atoms with van der Waals surface area (Å²) in [7, 11) is -1.82. The van der Waals surface area contributed by atoms with Gasteiger partial charge < -0.3 is 4.74 Å². The van der Waals surface area contributed by atoms with Crippen molar-refractivity contribution in [2.45, 2.75) is 33.0 Å². The number of nitrogens with zero attached hydrogens (tertiary/aromatic N) is 2. The molecule has 1 saturated heterocycles. The summed E-state index contributed by atoms with van der Waals surface area (Å²) in [6.07, 6.45) is -0.318. The van der Waals surface area contributed by atoms with E-state index >= 15 is 0 Å². The summed E-state index contributed by atoms with van der Waals surface area (Å²) in [5, 5.41) is 0. The lowest BCUT2D eigenvalue weighted by atomic mass is 10.0. The van der Waals surface area contributed by atoms with Crippen LogP contribution < -0.4 is 0 Å². The van der Waals surface area contributed by atoms with Crippen LogP contribution in [-0.2, 0) is 14.9 Å². The molecule has 1 heterocycles. The number of benzene rings is 1. The molecule has 2 rings (SSSR count). The zero-order valence-corrected chi connectivity index (χ0v) is 14.6. The Bertz CT molecular complexity index is 574. The first kappa shape index (κ1) is 17.4. The molecule has 2 atom stereocenters. The van der Waals surface area contributed by atoms with Crippen molar-refractivity contribution in [3.05, 3.63) is 35.9 Å². The van der Waals surface area contributed by atoms with Crippen LogP contribution in [0.25, 0.3) is 0 Å². The van der Waals surface area contributed by atoms with Crippen LogP contribution in [0.15, 0.2) is 30.3 Å². The van der Waals surface area contributed by atoms with Gasteiger partial charge in [0.15, 0.2) is 0 Å². The van der Waals surface area contributed by atoms with E-state index in [0.29, 0.717) is 19.6 Å². The molecule has 0 unspecified atom stereocenters. The van der Waals surface area contributed by atoms with Crippen LogP contribution in [0.4, 0.5) is 0 Å². The maximum absolute atomic E-state index is 12.7. The van der Waals surface area contributed by atoms with Crippen molar-refractivity contribution in [3.63, 3.8) is 0 Å². The third-order valence-electron chi connectivity index (χ3n) is 4.17. The van der Waals surface area contributed by atoms with Crippen molar-refractivity contribution in [1.82, 2.24) is 8.61 Å². The topological polar surface area (TPSA) is 49.9 Å². The van der Waals surface area contributed by atoms with Crippen LogP contribution in [0.2, 0.25) is 0 Å². The van der Waals surface area contributed by atoms with Gasteiger partial charge in [0.1, 0.15) is 0 Å². The summed E-state index contributed by atoms with van der Waals surface area (Å²) in [6.45, 7) is 7.20. The number of hydrogen-bond donors (Lipinski definition) is 0. The van der Waals surface area contributed by atoms with Gasteiger partial charge in [0, 0.05) is 26.7 Å². The fraction of sp³-hybridized carbons (Fsp3) is 0.625. The lowest BCUT2D eigenvalue weighted by Gasteiger charge is -2.40. The standard InChI is InChI=1S/C16H26N2O3S/c1-5-17(4)22(19,20)18-11-15(13(2)3)21-16(12-18)14-9-7-6-8-10-14/h6-10,13,15-16H,5,11-12H2,1-4H3/t15-,16+/m1/s1. The van der Waals surface area contributed by atoms with Crippen LogP contribution >= 0.6 is 0 Å². The van der Waals surface area contributed by atoms with Gasteiger partial charge in [0.05, 0.1) is 12.2 Å². The minimum absolute atomic E-state index is 0.0982. The molecule has 0 amide bonds. The van der Waals surface area contributed by atoms with E-state index in [1.165, 1.54) is 4.31 Å². The van der Waals surface area contributed by atoms with Crippen molar-refractivity contribution in [1.29, 1.82) is 0 Å². The molecule has 5 nitrogen and oxygen atoms in total. The molecule has 1 fully saturated rings. The lowest BCUT2D eigenvalue weighted by molar-refractivity contribution is -0.0856. The molecule has 0 radical (unpaired) electrons. The molecule has 124 valence electrons. The van der Waals surface area contributed by atoms with Gasteiger partial charge in [0.2, 0.25) is 0 Å². The van der Waals surface area contributed by atoms with Crippen LogP contribution in [0, 0.1) is 5.92 Å². The molecule has 0 aliphatic carbocycles. The predicted octanol–water partition coefficient (Wildman–Crippen LogP) is 2.28. The molecule has 1 aromatic carbocycles. The Hall–Kier alpha value is -0.950. The molecule has 22 heavy (non-hydrogen) atoms. The summed E-state index contributed by atoms with van der Waals surface area (Å²) >= 11 is 0. The van der Waals surface area contributed by atoms with Gasteiger partial charge in [-0.15, -0.1) is 0 Å². The van der Waals surface area contributed by atoms with Gasteiger partial charge in [-0.3, -0.25) is 0 Å². The number of hydrogen-bond acceptors (Lipinski definition) is 3. The summed E-state index contributed by atoms with van der Waals surface area (Å²) in [5.41, 5.74) is 1.02. The first-order chi connectivity index (χ1) is 10.4. The predicted molar refractivity (Wildman–Crippen MR) is 87.7 cm³/mol. The van der Waals surface area contributed by atoms with E-state index in [1.807, 2.05) is 37.3 Å². The van der Waals surface area contributed by atoms with Crippen molar-refractivity contribution in [2.75, 3.05) is 26.7 Å². The smallest absolute Gasteiger partial charge is 0.281 e. The zero-order valence-electron chi connectivity index (χ0n) is 13.8. The molecular formula is C16H26N2O3S. The monoisotopic (exact) mass is 326 g/mol. The van der Waals surface area contributed by atoms with Crippen LogP contribution in [0.5, 0.6) is 0 Å². The van der Waals surface area contributed by atoms with Crippen molar-refractivity contribution in [2.24, 2.45) is 5.92 Å². The molecular weight excluding hydrogens is 300 g/mol. The third kappa shape index (κ3) is 3.68. The van der Waals surface area contributed by atoms with Crippen molar-refractivity contribution >= 4 is 10.2 Å². The van der Waals surface area contributed by atoms with E-state index < -0.39 is 10.2 Å². The summed E-state index contributed by atoms with van der Waals surface area (Å²) in [4.78, 5) is 0. The minimum atomic E-state index is -3.43. The van der Waals surface area contributed by atoms with Gasteiger partial charge in [-0.1, -0.05) is 51.1 Å². The Morgan fingerprint density at radius 1 is 1.27 bits per heavy atom. The minimum Gasteiger partial charge on any atom is -0.367 e. The number of morpholine rings is 1. The van der Waals surface area contributed by atoms with E-state index in [0.717, 1.165) is 5.56 Å². The average molecular weight is 326 g/mol. The largest absolute Gasteiger partial charge is 0.367 e. The Labute approximate surface area is 134 Å². The van der Waals surface area contributed by atoms with Gasteiger partial charge in [-0.25, -0.2) is 0 Å². The van der Waals surface area contributed by atoms with E-state index in [2.05, 4.69) is 13.8 Å². The van der Waals surface area contributed by atoms with Crippen molar-refractivity contribution in [3.8, 4) is 0 Å². The van der Waals surface area contributed by atoms with Crippen molar-refractivity contribution < 1.29 is 13.2 Å². The Balaban J connectivity index is 2.28. The summed E-state index contributed by atoms with van der Waals surface area (Å²) in [6, 6.07) is 9.83. The fourth-order valence-electron chi connectivity index (χ4n) is 2.53. The van der Waals surface area contributed by atoms with Gasteiger partial charge >= 0.3 is 0 Å². The molecule has 0 saturated carbocycles. The first-order valence-electron chi connectivity index (χ1n) is 7.78. The number of rotatable bonds is 5. The second-order valence-corrected chi connectivity index (χ2v) is 8.09. The zero-order chi connectivity index (χ0) is 16.3.